The molecule has 188 valence electrons. The molecule has 2 aromatic heterocycles. The summed E-state index contributed by atoms with van der Waals surface area (Å²) < 4.78 is 8.94. The number of nitrogens with one attached hydrogen (secondary N) is 1. The lowest BCUT2D eigenvalue weighted by atomic mass is 9.46. The van der Waals surface area contributed by atoms with Crippen molar-refractivity contribution < 1.29 is 14.5 Å². The van der Waals surface area contributed by atoms with E-state index in [-0.39, 0.29) is 27.5 Å². The molecule has 2 atom stereocenters. The molecule has 36 heavy (non-hydrogen) atoms. The van der Waals surface area contributed by atoms with E-state index in [1.807, 2.05) is 35.1 Å². The van der Waals surface area contributed by atoms with Crippen LogP contribution in [0.5, 0.6) is 5.75 Å². The summed E-state index contributed by atoms with van der Waals surface area (Å²) in [5.74, 6) is 1.87. The molecule has 0 radical (unpaired) electrons. The van der Waals surface area contributed by atoms with Gasteiger partial charge in [-0.25, -0.2) is 0 Å². The number of amides is 1. The van der Waals surface area contributed by atoms with Crippen molar-refractivity contribution in [2.45, 2.75) is 57.0 Å². The van der Waals surface area contributed by atoms with Crippen molar-refractivity contribution in [2.24, 2.45) is 17.3 Å². The molecule has 4 saturated carbocycles. The van der Waals surface area contributed by atoms with Gasteiger partial charge in [-0.05, 0) is 73.5 Å². The summed E-state index contributed by atoms with van der Waals surface area (Å²) in [5, 5.41) is 23.1. The van der Waals surface area contributed by atoms with E-state index in [4.69, 9.17) is 4.74 Å². The maximum atomic E-state index is 13.2. The van der Waals surface area contributed by atoms with Crippen LogP contribution in [-0.4, -0.2) is 37.5 Å². The number of nitro groups is 1. The van der Waals surface area contributed by atoms with Crippen molar-refractivity contribution in [2.75, 3.05) is 12.4 Å². The third-order valence-corrected chi connectivity index (χ3v) is 8.35. The molecule has 2 unspecified atom stereocenters. The fourth-order valence-electron chi connectivity index (χ4n) is 7.56. The van der Waals surface area contributed by atoms with Crippen LogP contribution in [0.3, 0.4) is 0 Å². The van der Waals surface area contributed by atoms with Gasteiger partial charge in [-0.15, -0.1) is 0 Å². The second kappa shape index (κ2) is 8.46. The van der Waals surface area contributed by atoms with Gasteiger partial charge in [0.25, 0.3) is 0 Å². The summed E-state index contributed by atoms with van der Waals surface area (Å²) in [5.41, 5.74) is 1.47. The van der Waals surface area contributed by atoms with Gasteiger partial charge in [0.05, 0.1) is 36.0 Å². The van der Waals surface area contributed by atoms with E-state index in [1.165, 1.54) is 12.6 Å². The second-order valence-electron chi connectivity index (χ2n) is 11.1. The number of ether oxygens (including phenoxy) is 1. The predicted molar refractivity (Wildman–Crippen MR) is 132 cm³/mol. The molecular weight excluding hydrogens is 460 g/mol. The highest BCUT2D eigenvalue weighted by atomic mass is 16.6. The van der Waals surface area contributed by atoms with Crippen LogP contribution in [-0.2, 0) is 16.9 Å². The molecule has 10 nitrogen and oxygen atoms in total. The van der Waals surface area contributed by atoms with Crippen molar-refractivity contribution in [3.8, 4) is 5.75 Å². The van der Waals surface area contributed by atoms with Gasteiger partial charge in [0.15, 0.2) is 0 Å². The first-order chi connectivity index (χ1) is 17.3. The van der Waals surface area contributed by atoms with E-state index in [1.54, 1.807) is 24.2 Å². The average molecular weight is 491 g/mol. The van der Waals surface area contributed by atoms with Gasteiger partial charge < -0.3 is 10.1 Å². The monoisotopic (exact) mass is 490 g/mol. The van der Waals surface area contributed by atoms with E-state index in [0.717, 1.165) is 43.4 Å². The van der Waals surface area contributed by atoms with E-state index in [0.29, 0.717) is 30.5 Å². The van der Waals surface area contributed by atoms with Gasteiger partial charge >= 0.3 is 5.69 Å². The van der Waals surface area contributed by atoms with Crippen LogP contribution in [0.2, 0.25) is 0 Å². The highest BCUT2D eigenvalue weighted by Gasteiger charge is 2.59. The first-order valence-corrected chi connectivity index (χ1v) is 12.5. The Bertz CT molecular complexity index is 1300. The fourth-order valence-corrected chi connectivity index (χ4v) is 7.56. The molecular formula is C26H30N6O4. The van der Waals surface area contributed by atoms with Crippen LogP contribution in [0, 0.1) is 27.4 Å². The summed E-state index contributed by atoms with van der Waals surface area (Å²) in [6.45, 7) is 0.582. The summed E-state index contributed by atoms with van der Waals surface area (Å²) in [6.07, 6.45) is 13.0. The zero-order chi connectivity index (χ0) is 24.9. The lowest BCUT2D eigenvalue weighted by Gasteiger charge is -2.61. The Morgan fingerprint density at radius 2 is 2.00 bits per heavy atom. The van der Waals surface area contributed by atoms with Gasteiger partial charge in [0, 0.05) is 12.6 Å². The standard InChI is InChI=1S/C26H30N6O4/c1-36-23-4-2-3-18(6-23)14-30-15-21(12-27-30)29-24(33)11-25-7-19-5-20(8-25)10-26(9-19,17-25)31-16-22(13-28-31)32(34)35/h2-4,6,12-13,15-16,19-20H,5,7-11,14,17H2,1H3,(H,29,33). The molecule has 7 rings (SSSR count). The minimum Gasteiger partial charge on any atom is -0.497 e. The summed E-state index contributed by atoms with van der Waals surface area (Å²) in [6, 6.07) is 7.83. The normalized spacial score (nSPS) is 28.2. The third kappa shape index (κ3) is 4.14. The highest BCUT2D eigenvalue weighted by Crippen LogP contribution is 2.65. The van der Waals surface area contributed by atoms with Gasteiger partial charge in [0.1, 0.15) is 18.1 Å². The molecule has 4 aliphatic carbocycles. The number of nitrogens with zero attached hydrogens (tertiary/aromatic N) is 5. The van der Waals surface area contributed by atoms with Crippen molar-refractivity contribution in [1.29, 1.82) is 0 Å². The second-order valence-corrected chi connectivity index (χ2v) is 11.1. The molecule has 1 amide bonds. The van der Waals surface area contributed by atoms with Crippen molar-refractivity contribution >= 4 is 17.3 Å². The molecule has 1 aromatic carbocycles. The maximum absolute atomic E-state index is 13.2. The van der Waals surface area contributed by atoms with Gasteiger partial charge in [-0.2, -0.15) is 10.2 Å². The molecule has 3 aromatic rings. The van der Waals surface area contributed by atoms with Crippen molar-refractivity contribution in [3.05, 3.63) is 64.7 Å². The van der Waals surface area contributed by atoms with Crippen LogP contribution in [0.1, 0.15) is 50.5 Å². The Kier molecular flexibility index (Phi) is 5.35. The largest absolute Gasteiger partial charge is 0.497 e. The number of hydrogen-bond donors (Lipinski definition) is 1. The first-order valence-electron chi connectivity index (χ1n) is 12.5. The topological polar surface area (TPSA) is 117 Å². The Hall–Kier alpha value is -3.69. The molecule has 1 N–H and O–H groups in total. The highest BCUT2D eigenvalue weighted by molar-refractivity contribution is 5.91. The number of hydrogen-bond acceptors (Lipinski definition) is 6. The lowest BCUT2D eigenvalue weighted by molar-refractivity contribution is -0.385. The lowest BCUT2D eigenvalue weighted by Crippen LogP contribution is -2.57. The van der Waals surface area contributed by atoms with Crippen LogP contribution in [0.25, 0.3) is 0 Å². The molecule has 0 spiro atoms. The summed E-state index contributed by atoms with van der Waals surface area (Å²) in [4.78, 5) is 24.1. The van der Waals surface area contributed by atoms with Gasteiger partial charge in [0.2, 0.25) is 5.91 Å². The molecule has 10 heteroatoms. The van der Waals surface area contributed by atoms with Crippen LogP contribution >= 0.6 is 0 Å². The van der Waals surface area contributed by atoms with E-state index < -0.39 is 0 Å². The number of anilines is 1. The average Bonchev–Trinajstić information content (AvgIpc) is 3.48. The predicted octanol–water partition coefficient (Wildman–Crippen LogP) is 4.37. The summed E-state index contributed by atoms with van der Waals surface area (Å²) >= 11 is 0. The minimum absolute atomic E-state index is 0.000485. The smallest absolute Gasteiger partial charge is 0.307 e. The van der Waals surface area contributed by atoms with E-state index in [2.05, 4.69) is 15.5 Å². The van der Waals surface area contributed by atoms with Crippen molar-refractivity contribution in [1.82, 2.24) is 19.6 Å². The Morgan fingerprint density at radius 1 is 1.19 bits per heavy atom. The minimum atomic E-state index is -0.387. The zero-order valence-corrected chi connectivity index (χ0v) is 20.3. The maximum Gasteiger partial charge on any atom is 0.307 e. The Labute approximate surface area is 208 Å². The van der Waals surface area contributed by atoms with E-state index in [9.17, 15) is 14.9 Å². The van der Waals surface area contributed by atoms with Crippen LogP contribution in [0.15, 0.2) is 49.1 Å². The van der Waals surface area contributed by atoms with Gasteiger partial charge in [-0.3, -0.25) is 24.3 Å². The van der Waals surface area contributed by atoms with Crippen LogP contribution < -0.4 is 10.1 Å². The Morgan fingerprint density at radius 3 is 2.72 bits per heavy atom. The van der Waals surface area contributed by atoms with Crippen LogP contribution in [0.4, 0.5) is 11.4 Å². The number of benzene rings is 1. The third-order valence-electron chi connectivity index (χ3n) is 8.35. The number of rotatable bonds is 8. The number of aromatic nitrogens is 4. The SMILES string of the molecule is COc1cccc(Cn2cc(NC(=O)CC34CC5CC(C3)CC(n3cc([N+](=O)[O-])cn3)(C5)C4)cn2)c1. The first kappa shape index (κ1) is 22.8. The molecule has 2 heterocycles. The molecule has 0 saturated heterocycles. The number of carbonyl (C=O) groups excluding carboxylic acids is 1. The fraction of sp³-hybridized carbons (Fsp3) is 0.500. The molecule has 4 bridgehead atoms. The molecule has 0 aliphatic heterocycles. The number of carbonyl (C=O) groups is 1. The Balaban J connectivity index is 1.14. The van der Waals surface area contributed by atoms with Crippen molar-refractivity contribution in [3.63, 3.8) is 0 Å². The summed E-state index contributed by atoms with van der Waals surface area (Å²) in [7, 11) is 1.64. The number of methoxy groups -OCH3 is 1. The van der Waals surface area contributed by atoms with E-state index >= 15 is 0 Å². The quantitative estimate of drug-likeness (QED) is 0.370. The zero-order valence-electron chi connectivity index (χ0n) is 20.3. The molecule has 4 aliphatic rings. The van der Waals surface area contributed by atoms with Gasteiger partial charge in [-0.1, -0.05) is 12.1 Å². The molecule has 4 fully saturated rings.